The quantitative estimate of drug-likeness (QED) is 0.887. The number of hydrogen-bond donors (Lipinski definition) is 1. The van der Waals surface area contributed by atoms with Gasteiger partial charge in [-0.15, -0.1) is 0 Å². The van der Waals surface area contributed by atoms with Crippen LogP contribution in [0.4, 0.5) is 0 Å². The van der Waals surface area contributed by atoms with E-state index in [1.54, 1.807) is 24.3 Å². The van der Waals surface area contributed by atoms with E-state index in [1.807, 2.05) is 0 Å². The zero-order valence-corrected chi connectivity index (χ0v) is 13.4. The van der Waals surface area contributed by atoms with E-state index in [0.717, 1.165) is 4.47 Å². The lowest BCUT2D eigenvalue weighted by atomic mass is 9.94. The summed E-state index contributed by atoms with van der Waals surface area (Å²) in [5, 5.41) is 0. The molecule has 0 atom stereocenters. The van der Waals surface area contributed by atoms with E-state index in [1.165, 1.54) is 4.31 Å². The van der Waals surface area contributed by atoms with Gasteiger partial charge in [-0.25, -0.2) is 8.42 Å². The van der Waals surface area contributed by atoms with Crippen LogP contribution in [0.15, 0.2) is 33.6 Å². The van der Waals surface area contributed by atoms with Crippen molar-refractivity contribution in [2.45, 2.75) is 24.2 Å². The molecule has 7 heteroatoms. The monoisotopic (exact) mass is 360 g/mol. The maximum Gasteiger partial charge on any atom is 0.243 e. The fourth-order valence-electron chi connectivity index (χ4n) is 2.41. The van der Waals surface area contributed by atoms with Crippen molar-refractivity contribution in [3.63, 3.8) is 0 Å². The van der Waals surface area contributed by atoms with Crippen LogP contribution >= 0.6 is 15.9 Å². The van der Waals surface area contributed by atoms with Crippen molar-refractivity contribution >= 4 is 31.9 Å². The number of hydrogen-bond acceptors (Lipinski definition) is 3. The topological polar surface area (TPSA) is 80.5 Å². The van der Waals surface area contributed by atoms with Crippen LogP contribution in [-0.2, 0) is 14.8 Å². The molecule has 1 aromatic rings. The first-order valence-electron chi connectivity index (χ1n) is 6.43. The minimum atomic E-state index is -3.45. The Bertz CT molecular complexity index is 595. The Kier molecular flexibility index (Phi) is 4.82. The van der Waals surface area contributed by atoms with Crippen LogP contribution in [0.2, 0.25) is 0 Å². The number of halogens is 1. The number of benzene rings is 1. The predicted molar refractivity (Wildman–Crippen MR) is 79.4 cm³/mol. The second-order valence-electron chi connectivity index (χ2n) is 4.98. The summed E-state index contributed by atoms with van der Waals surface area (Å²) in [7, 11) is -3.45. The zero-order chi connectivity index (χ0) is 14.8. The highest BCUT2D eigenvalue weighted by molar-refractivity contribution is 9.10. The molecule has 1 aromatic carbocycles. The van der Waals surface area contributed by atoms with Crippen molar-refractivity contribution in [3.05, 3.63) is 28.7 Å². The van der Waals surface area contributed by atoms with Gasteiger partial charge in [0.2, 0.25) is 15.9 Å². The van der Waals surface area contributed by atoms with Gasteiger partial charge in [-0.1, -0.05) is 22.0 Å². The van der Waals surface area contributed by atoms with Crippen molar-refractivity contribution < 1.29 is 13.2 Å². The van der Waals surface area contributed by atoms with E-state index in [2.05, 4.69) is 15.9 Å². The molecule has 0 aliphatic carbocycles. The number of piperidine rings is 1. The highest BCUT2D eigenvalue weighted by Gasteiger charge is 2.29. The van der Waals surface area contributed by atoms with Gasteiger partial charge in [-0.2, -0.15) is 4.31 Å². The number of primary amides is 1. The van der Waals surface area contributed by atoms with Crippen LogP contribution in [-0.4, -0.2) is 31.7 Å². The molecule has 0 bridgehead atoms. The molecule has 20 heavy (non-hydrogen) atoms. The first-order chi connectivity index (χ1) is 9.39. The average molecular weight is 361 g/mol. The van der Waals surface area contributed by atoms with Gasteiger partial charge in [0.05, 0.1) is 4.90 Å². The molecule has 110 valence electrons. The Labute approximate surface area is 127 Å². The van der Waals surface area contributed by atoms with Crippen molar-refractivity contribution in [3.8, 4) is 0 Å². The lowest BCUT2D eigenvalue weighted by Crippen LogP contribution is -2.39. The Morgan fingerprint density at radius 2 is 2.00 bits per heavy atom. The third kappa shape index (κ3) is 3.59. The molecule has 1 aliphatic rings. The number of amides is 1. The summed E-state index contributed by atoms with van der Waals surface area (Å²) >= 11 is 3.28. The Morgan fingerprint density at radius 3 is 2.55 bits per heavy atom. The molecule has 1 fully saturated rings. The smallest absolute Gasteiger partial charge is 0.243 e. The predicted octanol–water partition coefficient (Wildman–Crippen LogP) is 1.73. The van der Waals surface area contributed by atoms with Crippen molar-refractivity contribution in [1.82, 2.24) is 4.31 Å². The van der Waals surface area contributed by atoms with Gasteiger partial charge in [0.15, 0.2) is 0 Å². The molecule has 0 radical (unpaired) electrons. The van der Waals surface area contributed by atoms with Crippen LogP contribution in [0.5, 0.6) is 0 Å². The van der Waals surface area contributed by atoms with E-state index in [9.17, 15) is 13.2 Å². The third-order valence-electron chi connectivity index (χ3n) is 3.50. The van der Waals surface area contributed by atoms with Crippen molar-refractivity contribution in [2.75, 3.05) is 13.1 Å². The molecular formula is C13H17BrN2O3S. The molecule has 1 aliphatic heterocycles. The largest absolute Gasteiger partial charge is 0.370 e. The first-order valence-corrected chi connectivity index (χ1v) is 8.67. The second-order valence-corrected chi connectivity index (χ2v) is 7.83. The SMILES string of the molecule is NC(=O)CC1CCN(S(=O)(=O)c2cccc(Br)c2)CC1. The Morgan fingerprint density at radius 1 is 1.35 bits per heavy atom. The molecule has 0 spiro atoms. The maximum atomic E-state index is 12.5. The van der Waals surface area contributed by atoms with Gasteiger partial charge in [0.25, 0.3) is 0 Å². The van der Waals surface area contributed by atoms with E-state index >= 15 is 0 Å². The number of nitrogens with two attached hydrogens (primary N) is 1. The van der Waals surface area contributed by atoms with E-state index in [0.29, 0.717) is 37.2 Å². The van der Waals surface area contributed by atoms with Crippen LogP contribution in [0.3, 0.4) is 0 Å². The number of sulfonamides is 1. The van der Waals surface area contributed by atoms with Crippen molar-refractivity contribution in [1.29, 1.82) is 0 Å². The molecule has 0 aromatic heterocycles. The minimum absolute atomic E-state index is 0.196. The molecule has 2 rings (SSSR count). The maximum absolute atomic E-state index is 12.5. The van der Waals surface area contributed by atoms with Crippen LogP contribution < -0.4 is 5.73 Å². The van der Waals surface area contributed by atoms with E-state index in [-0.39, 0.29) is 11.8 Å². The minimum Gasteiger partial charge on any atom is -0.370 e. The highest BCUT2D eigenvalue weighted by atomic mass is 79.9. The molecule has 2 N–H and O–H groups in total. The van der Waals surface area contributed by atoms with E-state index < -0.39 is 10.0 Å². The number of nitrogens with zero attached hydrogens (tertiary/aromatic N) is 1. The summed E-state index contributed by atoms with van der Waals surface area (Å²) in [6.07, 6.45) is 1.69. The number of carbonyl (C=O) groups excluding carboxylic acids is 1. The van der Waals surface area contributed by atoms with Crippen LogP contribution in [0.25, 0.3) is 0 Å². The molecular weight excluding hydrogens is 344 g/mol. The van der Waals surface area contributed by atoms with Crippen LogP contribution in [0.1, 0.15) is 19.3 Å². The Balaban J connectivity index is 2.08. The summed E-state index contributed by atoms with van der Waals surface area (Å²) in [5.41, 5.74) is 5.18. The standard InChI is InChI=1S/C13H17BrN2O3S/c14-11-2-1-3-12(9-11)20(18,19)16-6-4-10(5-7-16)8-13(15)17/h1-3,9-10H,4-8H2,(H2,15,17). The number of carbonyl (C=O) groups is 1. The number of rotatable bonds is 4. The van der Waals surface area contributed by atoms with Gasteiger partial charge in [0.1, 0.15) is 0 Å². The Hall–Kier alpha value is -0.920. The van der Waals surface area contributed by atoms with E-state index in [4.69, 9.17) is 5.73 Å². The zero-order valence-electron chi connectivity index (χ0n) is 11.0. The first kappa shape index (κ1) is 15.5. The van der Waals surface area contributed by atoms with Gasteiger partial charge in [-0.3, -0.25) is 4.79 Å². The molecule has 1 amide bonds. The lowest BCUT2D eigenvalue weighted by molar-refractivity contribution is -0.119. The molecule has 1 saturated heterocycles. The van der Waals surface area contributed by atoms with Crippen molar-refractivity contribution in [2.24, 2.45) is 11.7 Å². The van der Waals surface area contributed by atoms with Gasteiger partial charge in [-0.05, 0) is 37.0 Å². The average Bonchev–Trinajstić information content (AvgIpc) is 2.38. The summed E-state index contributed by atoms with van der Waals surface area (Å²) in [6.45, 7) is 0.875. The highest BCUT2D eigenvalue weighted by Crippen LogP contribution is 2.26. The summed E-state index contributed by atoms with van der Waals surface area (Å²) in [4.78, 5) is 11.2. The normalized spacial score (nSPS) is 18.1. The summed E-state index contributed by atoms with van der Waals surface area (Å²) in [6, 6.07) is 6.69. The van der Waals surface area contributed by atoms with Crippen LogP contribution in [0, 0.1) is 5.92 Å². The fourth-order valence-corrected chi connectivity index (χ4v) is 4.48. The summed E-state index contributed by atoms with van der Waals surface area (Å²) < 4.78 is 27.2. The summed E-state index contributed by atoms with van der Waals surface area (Å²) in [5.74, 6) is -0.125. The molecule has 1 heterocycles. The van der Waals surface area contributed by atoms with Gasteiger partial charge >= 0.3 is 0 Å². The molecule has 0 saturated carbocycles. The molecule has 0 unspecified atom stereocenters. The fraction of sp³-hybridized carbons (Fsp3) is 0.462. The second kappa shape index (κ2) is 6.24. The molecule has 5 nitrogen and oxygen atoms in total. The lowest BCUT2D eigenvalue weighted by Gasteiger charge is -2.30. The third-order valence-corrected chi connectivity index (χ3v) is 5.89. The van der Waals surface area contributed by atoms with Gasteiger partial charge < -0.3 is 5.73 Å². The van der Waals surface area contributed by atoms with Gasteiger partial charge in [0, 0.05) is 24.0 Å².